The van der Waals surface area contributed by atoms with Gasteiger partial charge in [-0.05, 0) is 18.2 Å². The van der Waals surface area contributed by atoms with Crippen LogP contribution in [0, 0.1) is 0 Å². The number of carbonyl (C=O) groups is 2. The first-order valence-corrected chi connectivity index (χ1v) is 6.39. The van der Waals surface area contributed by atoms with Gasteiger partial charge < -0.3 is 20.7 Å². The Hall–Kier alpha value is -1.79. The second-order valence-corrected chi connectivity index (χ2v) is 4.65. The summed E-state index contributed by atoms with van der Waals surface area (Å²) in [7, 11) is 3.08. The number of hydrogen-bond donors (Lipinski definition) is 2. The van der Waals surface area contributed by atoms with E-state index in [1.54, 1.807) is 19.2 Å². The lowest BCUT2D eigenvalue weighted by Gasteiger charge is -2.17. The molecule has 0 aromatic heterocycles. The fraction of sp³-hybridized carbons (Fsp3) is 0.385. The summed E-state index contributed by atoms with van der Waals surface area (Å²) in [6.07, 6.45) is 0. The first-order valence-electron chi connectivity index (χ1n) is 6.02. The SMILES string of the molecule is COCCNC(=O)CN(C)C(=O)c1ccc(N)cc1Cl. The molecule has 7 heteroatoms. The minimum absolute atomic E-state index is 0.0523. The van der Waals surface area contributed by atoms with Crippen LogP contribution in [0.1, 0.15) is 10.4 Å². The second-order valence-electron chi connectivity index (χ2n) is 4.24. The molecule has 0 heterocycles. The molecule has 0 spiro atoms. The molecule has 1 rings (SSSR count). The van der Waals surface area contributed by atoms with Crippen molar-refractivity contribution < 1.29 is 14.3 Å². The molecule has 3 N–H and O–H groups in total. The zero-order chi connectivity index (χ0) is 15.1. The van der Waals surface area contributed by atoms with Crippen LogP contribution in [0.15, 0.2) is 18.2 Å². The maximum absolute atomic E-state index is 12.1. The summed E-state index contributed by atoms with van der Waals surface area (Å²) in [5.74, 6) is -0.596. The van der Waals surface area contributed by atoms with E-state index in [-0.39, 0.29) is 23.4 Å². The fourth-order valence-corrected chi connectivity index (χ4v) is 1.82. The number of amides is 2. The van der Waals surface area contributed by atoms with Crippen molar-refractivity contribution in [2.75, 3.05) is 39.6 Å². The lowest BCUT2D eigenvalue weighted by atomic mass is 10.2. The van der Waals surface area contributed by atoms with E-state index in [1.807, 2.05) is 0 Å². The summed E-state index contributed by atoms with van der Waals surface area (Å²) >= 11 is 5.96. The first-order chi connectivity index (χ1) is 9.45. The normalized spacial score (nSPS) is 10.2. The number of hydrogen-bond acceptors (Lipinski definition) is 4. The van der Waals surface area contributed by atoms with Crippen LogP contribution in [0.4, 0.5) is 5.69 Å². The zero-order valence-electron chi connectivity index (χ0n) is 11.5. The summed E-state index contributed by atoms with van der Waals surface area (Å²) in [5, 5.41) is 2.90. The van der Waals surface area contributed by atoms with E-state index in [1.165, 1.54) is 18.0 Å². The van der Waals surface area contributed by atoms with Crippen LogP contribution >= 0.6 is 11.6 Å². The number of anilines is 1. The number of nitrogen functional groups attached to an aromatic ring is 1. The van der Waals surface area contributed by atoms with E-state index in [2.05, 4.69) is 5.32 Å². The molecular weight excluding hydrogens is 282 g/mol. The quantitative estimate of drug-likeness (QED) is 0.600. The Morgan fingerprint density at radius 1 is 1.45 bits per heavy atom. The summed E-state index contributed by atoms with van der Waals surface area (Å²) < 4.78 is 4.82. The third-order valence-corrected chi connectivity index (χ3v) is 2.89. The Balaban J connectivity index is 2.60. The predicted octanol–water partition coefficient (Wildman–Crippen LogP) is 0.757. The topological polar surface area (TPSA) is 84.7 Å². The Kier molecular flexibility index (Phi) is 6.27. The van der Waals surface area contributed by atoms with Gasteiger partial charge in [0, 0.05) is 26.4 Å². The lowest BCUT2D eigenvalue weighted by Crippen LogP contribution is -2.39. The minimum Gasteiger partial charge on any atom is -0.399 e. The predicted molar refractivity (Wildman–Crippen MR) is 77.7 cm³/mol. The molecule has 0 aliphatic rings. The number of halogens is 1. The minimum atomic E-state index is -0.336. The molecule has 0 radical (unpaired) electrons. The van der Waals surface area contributed by atoms with Crippen LogP contribution in [-0.4, -0.2) is 50.6 Å². The van der Waals surface area contributed by atoms with E-state index in [4.69, 9.17) is 22.1 Å². The van der Waals surface area contributed by atoms with Crippen molar-refractivity contribution in [2.45, 2.75) is 0 Å². The Morgan fingerprint density at radius 3 is 2.75 bits per heavy atom. The van der Waals surface area contributed by atoms with Gasteiger partial charge in [-0.15, -0.1) is 0 Å². The summed E-state index contributed by atoms with van der Waals surface area (Å²) in [4.78, 5) is 25.0. The van der Waals surface area contributed by atoms with Gasteiger partial charge in [-0.25, -0.2) is 0 Å². The third kappa shape index (κ3) is 4.71. The van der Waals surface area contributed by atoms with Gasteiger partial charge in [-0.1, -0.05) is 11.6 Å². The van der Waals surface area contributed by atoms with Crippen LogP contribution in [0.2, 0.25) is 5.02 Å². The molecule has 0 fully saturated rings. The fourth-order valence-electron chi connectivity index (χ4n) is 1.55. The van der Waals surface area contributed by atoms with Crippen molar-refractivity contribution in [1.82, 2.24) is 10.2 Å². The molecule has 0 unspecified atom stereocenters. The highest BCUT2D eigenvalue weighted by molar-refractivity contribution is 6.34. The van der Waals surface area contributed by atoms with Crippen molar-refractivity contribution in [3.63, 3.8) is 0 Å². The van der Waals surface area contributed by atoms with Crippen LogP contribution in [0.3, 0.4) is 0 Å². The summed E-state index contributed by atoms with van der Waals surface area (Å²) in [5.41, 5.74) is 6.36. The highest BCUT2D eigenvalue weighted by Gasteiger charge is 2.17. The second kappa shape index (κ2) is 7.72. The van der Waals surface area contributed by atoms with Crippen molar-refractivity contribution >= 4 is 29.1 Å². The van der Waals surface area contributed by atoms with Crippen LogP contribution in [0.5, 0.6) is 0 Å². The van der Waals surface area contributed by atoms with Gasteiger partial charge in [0.25, 0.3) is 5.91 Å². The van der Waals surface area contributed by atoms with E-state index in [0.717, 1.165) is 0 Å². The zero-order valence-corrected chi connectivity index (χ0v) is 12.2. The molecule has 0 saturated heterocycles. The number of likely N-dealkylation sites (N-methyl/N-ethyl adjacent to an activating group) is 1. The standard InChI is InChI=1S/C13H18ClN3O3/c1-17(8-12(18)16-5-6-20-2)13(19)10-4-3-9(15)7-11(10)14/h3-4,7H,5-6,8,15H2,1-2H3,(H,16,18). The largest absolute Gasteiger partial charge is 0.399 e. The highest BCUT2D eigenvalue weighted by Crippen LogP contribution is 2.20. The monoisotopic (exact) mass is 299 g/mol. The molecule has 1 aromatic rings. The molecule has 1 aromatic carbocycles. The summed E-state index contributed by atoms with van der Waals surface area (Å²) in [6, 6.07) is 4.63. The number of rotatable bonds is 6. The lowest BCUT2D eigenvalue weighted by molar-refractivity contribution is -0.121. The number of methoxy groups -OCH3 is 1. The van der Waals surface area contributed by atoms with Crippen molar-refractivity contribution in [2.24, 2.45) is 0 Å². The maximum atomic E-state index is 12.1. The van der Waals surface area contributed by atoms with E-state index >= 15 is 0 Å². The van der Waals surface area contributed by atoms with Crippen LogP contribution in [0.25, 0.3) is 0 Å². The van der Waals surface area contributed by atoms with E-state index in [0.29, 0.717) is 24.4 Å². The van der Waals surface area contributed by atoms with Crippen LogP contribution < -0.4 is 11.1 Å². The smallest absolute Gasteiger partial charge is 0.255 e. The molecule has 0 saturated carbocycles. The molecule has 2 amide bonds. The molecule has 0 aliphatic heterocycles. The van der Waals surface area contributed by atoms with Crippen LogP contribution in [-0.2, 0) is 9.53 Å². The Bertz CT molecular complexity index is 494. The third-order valence-electron chi connectivity index (χ3n) is 2.58. The van der Waals surface area contributed by atoms with Gasteiger partial charge in [0.2, 0.25) is 5.91 Å². The number of nitrogens with zero attached hydrogens (tertiary/aromatic N) is 1. The van der Waals surface area contributed by atoms with Crippen molar-refractivity contribution in [3.8, 4) is 0 Å². The van der Waals surface area contributed by atoms with Gasteiger partial charge in [-0.2, -0.15) is 0 Å². The van der Waals surface area contributed by atoms with Gasteiger partial charge in [0.15, 0.2) is 0 Å². The number of carbonyl (C=O) groups excluding carboxylic acids is 2. The summed E-state index contributed by atoms with van der Waals surface area (Å²) in [6.45, 7) is 0.774. The average molecular weight is 300 g/mol. The number of nitrogens with one attached hydrogen (secondary N) is 1. The molecule has 0 aliphatic carbocycles. The first kappa shape index (κ1) is 16.3. The number of nitrogens with two attached hydrogens (primary N) is 1. The number of ether oxygens (including phenoxy) is 1. The molecule has 110 valence electrons. The van der Waals surface area contributed by atoms with Gasteiger partial charge in [0.1, 0.15) is 0 Å². The van der Waals surface area contributed by atoms with E-state index < -0.39 is 0 Å². The maximum Gasteiger partial charge on any atom is 0.255 e. The van der Waals surface area contributed by atoms with E-state index in [9.17, 15) is 9.59 Å². The Labute approximate surface area is 122 Å². The highest BCUT2D eigenvalue weighted by atomic mass is 35.5. The van der Waals surface area contributed by atoms with Gasteiger partial charge in [0.05, 0.1) is 23.7 Å². The Morgan fingerprint density at radius 2 is 2.15 bits per heavy atom. The molecule has 20 heavy (non-hydrogen) atoms. The average Bonchev–Trinajstić information content (AvgIpc) is 2.38. The molecule has 0 bridgehead atoms. The molecule has 0 atom stereocenters. The van der Waals surface area contributed by atoms with Gasteiger partial charge >= 0.3 is 0 Å². The van der Waals surface area contributed by atoms with Gasteiger partial charge in [-0.3, -0.25) is 9.59 Å². The molecular formula is C13H18ClN3O3. The number of benzene rings is 1. The molecule has 6 nitrogen and oxygen atoms in total. The van der Waals surface area contributed by atoms with Crippen molar-refractivity contribution in [3.05, 3.63) is 28.8 Å². The van der Waals surface area contributed by atoms with Crippen molar-refractivity contribution in [1.29, 1.82) is 0 Å².